The quantitative estimate of drug-likeness (QED) is 0.450. The maximum Gasteiger partial charge on any atom is 0.326 e. The van der Waals surface area contributed by atoms with Crippen molar-refractivity contribution in [3.63, 3.8) is 0 Å². The number of amides is 4. The smallest absolute Gasteiger partial charge is 0.326 e. The van der Waals surface area contributed by atoms with E-state index in [1.54, 1.807) is 24.3 Å². The number of para-hydroxylation sites is 2. The van der Waals surface area contributed by atoms with Crippen molar-refractivity contribution in [2.75, 3.05) is 10.2 Å². The first-order valence-electron chi connectivity index (χ1n) is 11.4. The lowest BCUT2D eigenvalue weighted by Crippen LogP contribution is -2.60. The standard InChI is InChI=1S/C24H36N4O5/c1-13(2)11-17(21(29)26-18(23(31)32)12-14(3)4)27-24(33)28-19-10-8-7-9-16(19)25-22(30)20(28)15(5)6/h7-10,13-15,17-18,20H,11-12H2,1-6H3,(H,25,30)(H,26,29)(H,27,33)(H,31,32)/t17-,18-,20+/m1/s1. The number of benzene rings is 1. The Labute approximate surface area is 195 Å². The van der Waals surface area contributed by atoms with Crippen molar-refractivity contribution in [2.45, 2.75) is 72.5 Å². The molecule has 1 aliphatic heterocycles. The van der Waals surface area contributed by atoms with Crippen molar-refractivity contribution in [3.8, 4) is 0 Å². The summed E-state index contributed by atoms with van der Waals surface area (Å²) in [5.74, 6) is -2.02. The van der Waals surface area contributed by atoms with Crippen LogP contribution in [-0.2, 0) is 14.4 Å². The molecule has 1 aromatic carbocycles. The lowest BCUT2D eigenvalue weighted by atomic mass is 9.97. The van der Waals surface area contributed by atoms with Gasteiger partial charge < -0.3 is 21.1 Å². The molecule has 0 saturated heterocycles. The molecule has 1 aliphatic rings. The van der Waals surface area contributed by atoms with Crippen LogP contribution in [0.3, 0.4) is 0 Å². The molecule has 0 fully saturated rings. The van der Waals surface area contributed by atoms with Crippen molar-refractivity contribution in [1.82, 2.24) is 10.6 Å². The number of carbonyl (C=O) groups excluding carboxylic acids is 3. The Bertz CT molecular complexity index is 883. The first-order valence-corrected chi connectivity index (χ1v) is 11.4. The summed E-state index contributed by atoms with van der Waals surface area (Å²) in [6, 6.07) is 3.67. The first-order chi connectivity index (χ1) is 15.4. The van der Waals surface area contributed by atoms with Gasteiger partial charge >= 0.3 is 12.0 Å². The highest BCUT2D eigenvalue weighted by atomic mass is 16.4. The lowest BCUT2D eigenvalue weighted by molar-refractivity contribution is -0.142. The van der Waals surface area contributed by atoms with Crippen LogP contribution >= 0.6 is 0 Å². The van der Waals surface area contributed by atoms with Crippen LogP contribution in [0.2, 0.25) is 0 Å². The molecule has 0 saturated carbocycles. The Hall–Kier alpha value is -3.10. The molecular weight excluding hydrogens is 424 g/mol. The van der Waals surface area contributed by atoms with Gasteiger partial charge in [0.2, 0.25) is 11.8 Å². The zero-order valence-corrected chi connectivity index (χ0v) is 20.2. The normalized spacial score (nSPS) is 17.4. The largest absolute Gasteiger partial charge is 0.480 e. The number of rotatable bonds is 9. The van der Waals surface area contributed by atoms with Crippen molar-refractivity contribution in [2.24, 2.45) is 17.8 Å². The minimum atomic E-state index is -1.12. The molecule has 33 heavy (non-hydrogen) atoms. The van der Waals surface area contributed by atoms with Crippen LogP contribution in [0.15, 0.2) is 24.3 Å². The summed E-state index contributed by atoms with van der Waals surface area (Å²) in [7, 11) is 0. The van der Waals surface area contributed by atoms with Crippen molar-refractivity contribution in [3.05, 3.63) is 24.3 Å². The molecule has 4 N–H and O–H groups in total. The minimum Gasteiger partial charge on any atom is -0.480 e. The van der Waals surface area contributed by atoms with Gasteiger partial charge in [-0.05, 0) is 42.7 Å². The Morgan fingerprint density at radius 3 is 2.09 bits per heavy atom. The van der Waals surface area contributed by atoms with Gasteiger partial charge in [0.05, 0.1) is 11.4 Å². The van der Waals surface area contributed by atoms with E-state index in [2.05, 4.69) is 16.0 Å². The lowest BCUT2D eigenvalue weighted by Gasteiger charge is -2.39. The van der Waals surface area contributed by atoms with Gasteiger partial charge in [-0.2, -0.15) is 0 Å². The van der Waals surface area contributed by atoms with Gasteiger partial charge in [-0.15, -0.1) is 0 Å². The van der Waals surface area contributed by atoms with E-state index in [0.717, 1.165) is 0 Å². The van der Waals surface area contributed by atoms with Gasteiger partial charge in [0.1, 0.15) is 18.1 Å². The Kier molecular flexibility index (Phi) is 8.84. The highest BCUT2D eigenvalue weighted by Crippen LogP contribution is 2.34. The van der Waals surface area contributed by atoms with Crippen LogP contribution < -0.4 is 20.9 Å². The Morgan fingerprint density at radius 2 is 1.55 bits per heavy atom. The molecule has 0 aromatic heterocycles. The van der Waals surface area contributed by atoms with Gasteiger partial charge in [-0.1, -0.05) is 53.7 Å². The van der Waals surface area contributed by atoms with Crippen LogP contribution in [0, 0.1) is 17.8 Å². The third kappa shape index (κ3) is 6.69. The van der Waals surface area contributed by atoms with Gasteiger partial charge in [-0.25, -0.2) is 9.59 Å². The number of nitrogens with one attached hydrogen (secondary N) is 3. The average molecular weight is 461 g/mol. The number of nitrogens with zero attached hydrogens (tertiary/aromatic N) is 1. The number of hydrogen-bond acceptors (Lipinski definition) is 4. The SMILES string of the molecule is CC(C)C[C@@H](NC(=O)[C@@H](CC(C)C)NC(=O)N1c2ccccc2NC(=O)[C@@H]1C(C)C)C(=O)O. The van der Waals surface area contributed by atoms with E-state index in [4.69, 9.17) is 0 Å². The third-order valence-electron chi connectivity index (χ3n) is 5.46. The summed E-state index contributed by atoms with van der Waals surface area (Å²) in [5.41, 5.74) is 1.06. The zero-order valence-electron chi connectivity index (χ0n) is 20.2. The fourth-order valence-corrected chi connectivity index (χ4v) is 3.99. The van der Waals surface area contributed by atoms with Crippen LogP contribution in [0.4, 0.5) is 16.2 Å². The average Bonchev–Trinajstić information content (AvgIpc) is 2.70. The molecule has 182 valence electrons. The highest BCUT2D eigenvalue weighted by Gasteiger charge is 2.40. The molecule has 3 atom stereocenters. The third-order valence-corrected chi connectivity index (χ3v) is 5.46. The number of aliphatic carboxylic acids is 1. The monoisotopic (exact) mass is 460 g/mol. The highest BCUT2D eigenvalue weighted by molar-refractivity contribution is 6.12. The molecule has 1 aromatic rings. The number of anilines is 2. The predicted octanol–water partition coefficient (Wildman–Crippen LogP) is 3.21. The molecule has 9 heteroatoms. The van der Waals surface area contributed by atoms with Gasteiger partial charge in [0, 0.05) is 0 Å². The summed E-state index contributed by atoms with van der Waals surface area (Å²) in [6.07, 6.45) is 0.595. The van der Waals surface area contributed by atoms with E-state index in [9.17, 15) is 24.3 Å². The summed E-state index contributed by atoms with van der Waals surface area (Å²) in [5, 5.41) is 17.7. The summed E-state index contributed by atoms with van der Waals surface area (Å²) in [4.78, 5) is 52.3. The van der Waals surface area contributed by atoms with E-state index in [1.807, 2.05) is 41.5 Å². The fourth-order valence-electron chi connectivity index (χ4n) is 3.99. The van der Waals surface area contributed by atoms with Gasteiger partial charge in [0.25, 0.3) is 0 Å². The number of carboxylic acids is 1. The number of urea groups is 1. The van der Waals surface area contributed by atoms with Gasteiger partial charge in [0.15, 0.2) is 0 Å². The second kappa shape index (κ2) is 11.2. The zero-order chi connectivity index (χ0) is 24.9. The Balaban J connectivity index is 2.32. The van der Waals surface area contributed by atoms with Crippen molar-refractivity contribution < 1.29 is 24.3 Å². The molecule has 0 aliphatic carbocycles. The van der Waals surface area contributed by atoms with Crippen molar-refractivity contribution >= 4 is 35.2 Å². The molecule has 0 bridgehead atoms. The first kappa shape index (κ1) is 26.2. The van der Waals surface area contributed by atoms with E-state index in [1.165, 1.54) is 4.90 Å². The molecule has 1 heterocycles. The van der Waals surface area contributed by atoms with Crippen LogP contribution in [0.25, 0.3) is 0 Å². The summed E-state index contributed by atoms with van der Waals surface area (Å²) < 4.78 is 0. The van der Waals surface area contributed by atoms with E-state index < -0.39 is 36.0 Å². The van der Waals surface area contributed by atoms with Crippen LogP contribution in [0.5, 0.6) is 0 Å². The van der Waals surface area contributed by atoms with E-state index in [-0.39, 0.29) is 30.1 Å². The number of hydrogen-bond donors (Lipinski definition) is 4. The molecule has 0 spiro atoms. The topological polar surface area (TPSA) is 128 Å². The molecule has 9 nitrogen and oxygen atoms in total. The van der Waals surface area contributed by atoms with Gasteiger partial charge in [-0.3, -0.25) is 14.5 Å². The Morgan fingerprint density at radius 1 is 0.970 bits per heavy atom. The summed E-state index contributed by atoms with van der Waals surface area (Å²) >= 11 is 0. The second-order valence-corrected chi connectivity index (χ2v) is 9.73. The van der Waals surface area contributed by atoms with Crippen LogP contribution in [0.1, 0.15) is 54.4 Å². The number of carbonyl (C=O) groups is 4. The summed E-state index contributed by atoms with van der Waals surface area (Å²) in [6.45, 7) is 11.3. The van der Waals surface area contributed by atoms with E-state index >= 15 is 0 Å². The van der Waals surface area contributed by atoms with Crippen LogP contribution in [-0.4, -0.2) is 47.0 Å². The minimum absolute atomic E-state index is 0.0623. The fraction of sp³-hybridized carbons (Fsp3) is 0.583. The number of carboxylic acid groups (broad SMARTS) is 1. The number of fused-ring (bicyclic) bond motifs is 1. The molecular formula is C24H36N4O5. The molecule has 0 unspecified atom stereocenters. The second-order valence-electron chi connectivity index (χ2n) is 9.73. The maximum atomic E-state index is 13.5. The maximum absolute atomic E-state index is 13.5. The van der Waals surface area contributed by atoms with E-state index in [0.29, 0.717) is 17.8 Å². The molecule has 2 rings (SSSR count). The molecule has 0 radical (unpaired) electrons. The predicted molar refractivity (Wildman–Crippen MR) is 127 cm³/mol. The molecule has 4 amide bonds. The van der Waals surface area contributed by atoms with Crippen molar-refractivity contribution in [1.29, 1.82) is 0 Å².